The van der Waals surface area contributed by atoms with Gasteiger partial charge in [-0.1, -0.05) is 40.7 Å². The van der Waals surface area contributed by atoms with Gasteiger partial charge in [-0.25, -0.2) is 4.98 Å². The minimum Gasteiger partial charge on any atom is -0.475 e. The molecular weight excluding hydrogens is 376 g/mol. The second kappa shape index (κ2) is 10.9. The van der Waals surface area contributed by atoms with Crippen LogP contribution in [-0.4, -0.2) is 16.5 Å². The van der Waals surface area contributed by atoms with Crippen LogP contribution in [0.25, 0.3) is 0 Å². The van der Waals surface area contributed by atoms with Crippen LogP contribution in [-0.2, 0) is 11.2 Å². The van der Waals surface area contributed by atoms with Gasteiger partial charge in [0.05, 0.1) is 0 Å². The lowest BCUT2D eigenvalue weighted by Crippen LogP contribution is -2.33. The number of nitrogens with one attached hydrogen (secondary N) is 1. The highest BCUT2D eigenvalue weighted by Crippen LogP contribution is 2.29. The quantitative estimate of drug-likeness (QED) is 0.296. The van der Waals surface area contributed by atoms with Gasteiger partial charge in [-0.15, -0.1) is 0 Å². The average molecular weight is 413 g/mol. The van der Waals surface area contributed by atoms with E-state index in [2.05, 4.69) is 47.8 Å². The maximum absolute atomic E-state index is 8.21. The lowest BCUT2D eigenvalue weighted by molar-refractivity contribution is 0.0915. The van der Waals surface area contributed by atoms with E-state index in [-0.39, 0.29) is 11.0 Å². The largest absolute Gasteiger partial charge is 0.475 e. The van der Waals surface area contributed by atoms with Crippen molar-refractivity contribution < 1.29 is 4.74 Å². The van der Waals surface area contributed by atoms with Gasteiger partial charge in [-0.2, -0.15) is 0 Å². The fourth-order valence-electron chi connectivity index (χ4n) is 2.29. The predicted molar refractivity (Wildman–Crippen MR) is 112 cm³/mol. The summed E-state index contributed by atoms with van der Waals surface area (Å²) in [6.45, 7) is 16.5. The standard InChI is InChI=1S/C19H31BrN2O.C2H6/c1-14(10-11-15-8-7-9-16(20)22-15)12-13-19(5,6)17(21)23-18(2,3)4;1-2/h7-9,14,21H,10-13H2,1-6H3;1-2H3. The Bertz CT molecular complexity index is 521. The van der Waals surface area contributed by atoms with Crippen molar-refractivity contribution >= 4 is 21.8 Å². The van der Waals surface area contributed by atoms with Crippen LogP contribution in [0.3, 0.4) is 0 Å². The van der Waals surface area contributed by atoms with Gasteiger partial charge in [-0.05, 0) is 80.4 Å². The molecule has 144 valence electrons. The van der Waals surface area contributed by atoms with Crippen LogP contribution in [0.1, 0.15) is 80.3 Å². The molecule has 0 saturated carbocycles. The Labute approximate surface area is 163 Å². The summed E-state index contributed by atoms with van der Waals surface area (Å²) in [5, 5.41) is 8.21. The van der Waals surface area contributed by atoms with E-state index in [0.717, 1.165) is 36.0 Å². The lowest BCUT2D eigenvalue weighted by Gasteiger charge is -2.31. The number of hydrogen-bond acceptors (Lipinski definition) is 3. The van der Waals surface area contributed by atoms with Crippen LogP contribution < -0.4 is 0 Å². The third kappa shape index (κ3) is 10.6. The molecule has 0 bridgehead atoms. The molecule has 1 N–H and O–H groups in total. The zero-order valence-corrected chi connectivity index (χ0v) is 19.0. The highest BCUT2D eigenvalue weighted by molar-refractivity contribution is 9.10. The molecule has 0 radical (unpaired) electrons. The fraction of sp³-hybridized carbons (Fsp3) is 0.714. The molecule has 1 unspecified atom stereocenters. The van der Waals surface area contributed by atoms with Crippen LogP contribution in [0, 0.1) is 16.7 Å². The second-order valence-corrected chi connectivity index (χ2v) is 8.87. The van der Waals surface area contributed by atoms with E-state index in [9.17, 15) is 0 Å². The molecule has 4 heteroatoms. The van der Waals surface area contributed by atoms with Gasteiger partial charge in [0.25, 0.3) is 0 Å². The Balaban J connectivity index is 0.00000277. The number of aryl methyl sites for hydroxylation is 1. The monoisotopic (exact) mass is 412 g/mol. The Morgan fingerprint density at radius 2 is 1.76 bits per heavy atom. The van der Waals surface area contributed by atoms with Gasteiger partial charge in [-0.3, -0.25) is 5.41 Å². The van der Waals surface area contributed by atoms with Crippen molar-refractivity contribution in [3.63, 3.8) is 0 Å². The van der Waals surface area contributed by atoms with Crippen molar-refractivity contribution in [1.29, 1.82) is 5.41 Å². The first-order valence-electron chi connectivity index (χ1n) is 9.39. The third-order valence-corrected chi connectivity index (χ3v) is 4.39. The zero-order chi connectivity index (χ0) is 19.7. The first-order valence-corrected chi connectivity index (χ1v) is 10.2. The number of pyridine rings is 1. The Morgan fingerprint density at radius 1 is 1.16 bits per heavy atom. The van der Waals surface area contributed by atoms with Gasteiger partial charge in [0, 0.05) is 11.1 Å². The van der Waals surface area contributed by atoms with Crippen LogP contribution in [0.4, 0.5) is 0 Å². The summed E-state index contributed by atoms with van der Waals surface area (Å²) in [6.07, 6.45) is 4.18. The topological polar surface area (TPSA) is 46.0 Å². The highest BCUT2D eigenvalue weighted by atomic mass is 79.9. The van der Waals surface area contributed by atoms with Crippen molar-refractivity contribution in [2.75, 3.05) is 0 Å². The van der Waals surface area contributed by atoms with Gasteiger partial charge >= 0.3 is 0 Å². The van der Waals surface area contributed by atoms with Gasteiger partial charge in [0.15, 0.2) is 5.90 Å². The maximum atomic E-state index is 8.21. The van der Waals surface area contributed by atoms with E-state index in [0.29, 0.717) is 11.8 Å². The molecule has 1 aromatic rings. The zero-order valence-electron chi connectivity index (χ0n) is 17.4. The van der Waals surface area contributed by atoms with Crippen molar-refractivity contribution in [3.8, 4) is 0 Å². The smallest absolute Gasteiger partial charge is 0.186 e. The van der Waals surface area contributed by atoms with Crippen LogP contribution in [0.5, 0.6) is 0 Å². The number of nitrogens with zero attached hydrogens (tertiary/aromatic N) is 1. The van der Waals surface area contributed by atoms with E-state index in [1.54, 1.807) is 0 Å². The third-order valence-electron chi connectivity index (χ3n) is 3.95. The summed E-state index contributed by atoms with van der Waals surface area (Å²) in [6, 6.07) is 6.07. The first kappa shape index (κ1) is 24.1. The van der Waals surface area contributed by atoms with Gasteiger partial charge in [0.2, 0.25) is 0 Å². The molecule has 3 nitrogen and oxygen atoms in total. The summed E-state index contributed by atoms with van der Waals surface area (Å²) in [5.41, 5.74) is 0.622. The molecule has 0 aliphatic heterocycles. The SMILES string of the molecule is CC.CC(CCc1cccc(Br)n1)CCC(C)(C)C(=N)OC(C)(C)C. The van der Waals surface area contributed by atoms with Crippen LogP contribution in [0.2, 0.25) is 0 Å². The van der Waals surface area contributed by atoms with Gasteiger partial charge in [0.1, 0.15) is 10.2 Å². The molecule has 1 atom stereocenters. The lowest BCUT2D eigenvalue weighted by atomic mass is 9.83. The molecule has 0 aromatic carbocycles. The summed E-state index contributed by atoms with van der Waals surface area (Å²) in [7, 11) is 0. The Hall–Kier alpha value is -0.900. The van der Waals surface area contributed by atoms with Crippen molar-refractivity contribution in [2.24, 2.45) is 11.3 Å². The molecule has 0 aliphatic carbocycles. The highest BCUT2D eigenvalue weighted by Gasteiger charge is 2.29. The summed E-state index contributed by atoms with van der Waals surface area (Å²) in [4.78, 5) is 4.49. The fourth-order valence-corrected chi connectivity index (χ4v) is 2.67. The molecule has 0 aliphatic rings. The number of halogens is 1. The maximum Gasteiger partial charge on any atom is 0.186 e. The molecule has 1 heterocycles. The van der Waals surface area contributed by atoms with E-state index >= 15 is 0 Å². The molecule has 1 aromatic heterocycles. The van der Waals surface area contributed by atoms with E-state index in [4.69, 9.17) is 10.1 Å². The molecular formula is C21H37BrN2O. The summed E-state index contributed by atoms with van der Waals surface area (Å²) in [5.74, 6) is 1.00. The Morgan fingerprint density at radius 3 is 2.28 bits per heavy atom. The number of hydrogen-bond donors (Lipinski definition) is 1. The molecule has 1 rings (SSSR count). The second-order valence-electron chi connectivity index (χ2n) is 8.06. The summed E-state index contributed by atoms with van der Waals surface area (Å²) < 4.78 is 6.64. The number of ether oxygens (including phenoxy) is 1. The molecule has 0 fully saturated rings. The molecule has 25 heavy (non-hydrogen) atoms. The molecule has 0 spiro atoms. The first-order chi connectivity index (χ1) is 11.5. The van der Waals surface area contributed by atoms with Crippen molar-refractivity contribution in [2.45, 2.75) is 86.7 Å². The predicted octanol–water partition coefficient (Wildman–Crippen LogP) is 7.04. The van der Waals surface area contributed by atoms with Crippen molar-refractivity contribution in [3.05, 3.63) is 28.5 Å². The summed E-state index contributed by atoms with van der Waals surface area (Å²) >= 11 is 3.42. The molecule has 0 amide bonds. The number of aromatic nitrogens is 1. The van der Waals surface area contributed by atoms with E-state index in [1.165, 1.54) is 0 Å². The minimum atomic E-state index is -0.299. The number of rotatable bonds is 7. The normalized spacial score (nSPS) is 12.8. The average Bonchev–Trinajstić information content (AvgIpc) is 2.51. The van der Waals surface area contributed by atoms with E-state index in [1.807, 2.05) is 46.8 Å². The van der Waals surface area contributed by atoms with E-state index < -0.39 is 0 Å². The Kier molecular flexibility index (Phi) is 10.6. The minimum absolute atomic E-state index is 0.213. The van der Waals surface area contributed by atoms with Crippen molar-refractivity contribution in [1.82, 2.24) is 4.98 Å². The van der Waals surface area contributed by atoms with Crippen LogP contribution >= 0.6 is 15.9 Å². The van der Waals surface area contributed by atoms with Gasteiger partial charge < -0.3 is 4.74 Å². The van der Waals surface area contributed by atoms with Crippen LogP contribution in [0.15, 0.2) is 22.8 Å². The molecule has 0 saturated heterocycles.